The van der Waals surface area contributed by atoms with E-state index in [1.807, 2.05) is 25.1 Å². The molecule has 3 aromatic rings. The lowest BCUT2D eigenvalue weighted by molar-refractivity contribution is 0.0533. The molecule has 0 N–H and O–H groups in total. The summed E-state index contributed by atoms with van der Waals surface area (Å²) in [7, 11) is -1.70. The van der Waals surface area contributed by atoms with E-state index < -0.39 is 8.07 Å². The monoisotopic (exact) mass is 329 g/mol. The van der Waals surface area contributed by atoms with E-state index in [1.54, 1.807) is 0 Å². The lowest BCUT2D eigenvalue weighted by Gasteiger charge is -2.17. The molecule has 0 spiro atoms. The summed E-state index contributed by atoms with van der Waals surface area (Å²) in [4.78, 5) is 18.8. The van der Waals surface area contributed by atoms with Gasteiger partial charge >= 0.3 is 5.97 Å². The van der Waals surface area contributed by atoms with E-state index in [1.165, 1.54) is 16.5 Å². The number of aromatic nitrogens is 1. The molecule has 0 aliphatic carbocycles. The first-order chi connectivity index (χ1) is 10.4. The number of hydrogen-bond acceptors (Lipinski definition) is 4. The second-order valence-electron chi connectivity index (χ2n) is 6.31. The van der Waals surface area contributed by atoms with E-state index in [-0.39, 0.29) is 5.97 Å². The third-order valence-corrected chi connectivity index (χ3v) is 6.87. The number of hydrogen-bond donors (Lipinski definition) is 0. The molecule has 1 aromatic carbocycles. The molecule has 0 amide bonds. The number of carbonyl (C=O) groups is 1. The fourth-order valence-corrected chi connectivity index (χ4v) is 6.62. The van der Waals surface area contributed by atoms with Gasteiger partial charge in [-0.25, -0.2) is 9.78 Å². The molecule has 3 rings (SSSR count). The fourth-order valence-electron chi connectivity index (χ4n) is 2.71. The van der Waals surface area contributed by atoms with Crippen LogP contribution >= 0.6 is 11.3 Å². The molecular formula is C17H19NO2SSi. The van der Waals surface area contributed by atoms with Crippen molar-refractivity contribution < 1.29 is 9.53 Å². The van der Waals surface area contributed by atoms with E-state index in [9.17, 15) is 4.79 Å². The van der Waals surface area contributed by atoms with Crippen molar-refractivity contribution in [2.45, 2.75) is 26.6 Å². The summed E-state index contributed by atoms with van der Waals surface area (Å²) in [5.41, 5.74) is 0.966. The van der Waals surface area contributed by atoms with Crippen molar-refractivity contribution in [2.75, 3.05) is 6.61 Å². The Kier molecular flexibility index (Phi) is 3.78. The summed E-state index contributed by atoms with van der Waals surface area (Å²) >= 11 is 1.46. The molecule has 0 radical (unpaired) electrons. The molecule has 22 heavy (non-hydrogen) atoms. The van der Waals surface area contributed by atoms with Gasteiger partial charge in [-0.2, -0.15) is 0 Å². The van der Waals surface area contributed by atoms with Gasteiger partial charge in [0.1, 0.15) is 9.71 Å². The van der Waals surface area contributed by atoms with Crippen LogP contribution in [0.2, 0.25) is 19.6 Å². The Labute approximate surface area is 135 Å². The van der Waals surface area contributed by atoms with Gasteiger partial charge in [0.25, 0.3) is 0 Å². The molecule has 0 aliphatic rings. The molecule has 2 heterocycles. The largest absolute Gasteiger partial charge is 0.462 e. The minimum Gasteiger partial charge on any atom is -0.462 e. The summed E-state index contributed by atoms with van der Waals surface area (Å²) in [6.07, 6.45) is 0. The minimum atomic E-state index is -1.70. The lowest BCUT2D eigenvalue weighted by Crippen LogP contribution is -2.40. The molecule has 0 fully saturated rings. The average Bonchev–Trinajstić information content (AvgIpc) is 2.83. The predicted molar refractivity (Wildman–Crippen MR) is 96.1 cm³/mol. The van der Waals surface area contributed by atoms with Gasteiger partial charge in [0.05, 0.1) is 20.2 Å². The van der Waals surface area contributed by atoms with Gasteiger partial charge in [-0.3, -0.25) is 0 Å². The summed E-state index contributed by atoms with van der Waals surface area (Å²) in [5, 5.41) is 3.40. The van der Waals surface area contributed by atoms with Crippen molar-refractivity contribution >= 4 is 51.7 Å². The minimum absolute atomic E-state index is 0.216. The second-order valence-corrected chi connectivity index (χ2v) is 12.3. The number of benzene rings is 1. The Morgan fingerprint density at radius 2 is 2.00 bits per heavy atom. The van der Waals surface area contributed by atoms with Crippen molar-refractivity contribution in [1.29, 1.82) is 0 Å². The van der Waals surface area contributed by atoms with Crippen molar-refractivity contribution in [1.82, 2.24) is 4.98 Å². The van der Waals surface area contributed by atoms with Crippen LogP contribution < -0.4 is 5.19 Å². The van der Waals surface area contributed by atoms with Crippen LogP contribution in [0.5, 0.6) is 0 Å². The number of rotatable bonds is 3. The first-order valence-electron chi connectivity index (χ1n) is 7.41. The van der Waals surface area contributed by atoms with Crippen LogP contribution in [0, 0.1) is 0 Å². The zero-order valence-electron chi connectivity index (χ0n) is 13.3. The van der Waals surface area contributed by atoms with E-state index in [2.05, 4.69) is 31.8 Å². The van der Waals surface area contributed by atoms with Crippen molar-refractivity contribution in [3.63, 3.8) is 0 Å². The summed E-state index contributed by atoms with van der Waals surface area (Å²) in [6, 6.07) is 10.2. The third kappa shape index (κ3) is 2.55. The number of nitrogens with zero attached hydrogens (tertiary/aromatic N) is 1. The standard InChI is InChI=1S/C17H19NO2SSi/c1-5-20-17(19)14-15(22(2,3)4)12-10-11-8-6-7-9-13(11)18-16(12)21-14/h6-10H,5H2,1-4H3. The highest BCUT2D eigenvalue weighted by atomic mass is 32.1. The maximum absolute atomic E-state index is 12.4. The smallest absolute Gasteiger partial charge is 0.348 e. The maximum Gasteiger partial charge on any atom is 0.348 e. The zero-order chi connectivity index (χ0) is 15.9. The highest BCUT2D eigenvalue weighted by Gasteiger charge is 2.30. The maximum atomic E-state index is 12.4. The topological polar surface area (TPSA) is 39.2 Å². The number of fused-ring (bicyclic) bond motifs is 2. The Morgan fingerprint density at radius 3 is 2.68 bits per heavy atom. The van der Waals surface area contributed by atoms with Crippen LogP contribution in [0.1, 0.15) is 16.6 Å². The highest BCUT2D eigenvalue weighted by Crippen LogP contribution is 2.29. The first-order valence-corrected chi connectivity index (χ1v) is 11.7. The van der Waals surface area contributed by atoms with E-state index in [0.717, 1.165) is 26.0 Å². The third-order valence-electron chi connectivity index (χ3n) is 3.59. The molecule has 0 atom stereocenters. The lowest BCUT2D eigenvalue weighted by atomic mass is 10.2. The molecule has 0 aliphatic heterocycles. The molecule has 0 bridgehead atoms. The average molecular weight is 329 g/mol. The van der Waals surface area contributed by atoms with Gasteiger partial charge in [0.2, 0.25) is 0 Å². The van der Waals surface area contributed by atoms with Gasteiger partial charge in [-0.1, -0.05) is 37.8 Å². The highest BCUT2D eigenvalue weighted by molar-refractivity contribution is 7.23. The normalized spacial score (nSPS) is 12.0. The SMILES string of the molecule is CCOC(=O)c1sc2nc3ccccc3cc2c1[Si](C)(C)C. The molecule has 5 heteroatoms. The molecule has 114 valence electrons. The van der Waals surface area contributed by atoms with E-state index in [4.69, 9.17) is 9.72 Å². The zero-order valence-corrected chi connectivity index (χ0v) is 15.1. The molecule has 0 unspecified atom stereocenters. The number of para-hydroxylation sites is 1. The van der Waals surface area contributed by atoms with E-state index in [0.29, 0.717) is 6.61 Å². The Balaban J connectivity index is 2.35. The Morgan fingerprint density at radius 1 is 1.27 bits per heavy atom. The van der Waals surface area contributed by atoms with Gasteiger partial charge in [0.15, 0.2) is 0 Å². The molecule has 2 aromatic heterocycles. The quantitative estimate of drug-likeness (QED) is 0.535. The second kappa shape index (κ2) is 5.48. The predicted octanol–water partition coefficient (Wildman–Crippen LogP) is 4.17. The van der Waals surface area contributed by atoms with Gasteiger partial charge in [0, 0.05) is 10.8 Å². The Bertz CT molecular complexity index is 864. The van der Waals surface area contributed by atoms with Crippen LogP contribution in [-0.2, 0) is 4.74 Å². The van der Waals surface area contributed by atoms with Crippen molar-refractivity contribution in [3.05, 3.63) is 35.2 Å². The number of ether oxygens (including phenoxy) is 1. The number of esters is 1. The summed E-state index contributed by atoms with van der Waals surface area (Å²) in [6.45, 7) is 9.00. The number of thiophene rings is 1. The van der Waals surface area contributed by atoms with Crippen LogP contribution in [0.25, 0.3) is 21.1 Å². The molecule has 0 saturated carbocycles. The van der Waals surface area contributed by atoms with Crippen LogP contribution in [0.15, 0.2) is 30.3 Å². The fraction of sp³-hybridized carbons (Fsp3) is 0.294. The van der Waals surface area contributed by atoms with Crippen molar-refractivity contribution in [3.8, 4) is 0 Å². The van der Waals surface area contributed by atoms with Gasteiger partial charge in [-0.05, 0) is 24.2 Å². The first kappa shape index (κ1) is 15.2. The van der Waals surface area contributed by atoms with Crippen LogP contribution in [-0.4, -0.2) is 25.6 Å². The van der Waals surface area contributed by atoms with Crippen LogP contribution in [0.4, 0.5) is 0 Å². The van der Waals surface area contributed by atoms with Gasteiger partial charge < -0.3 is 4.74 Å². The van der Waals surface area contributed by atoms with E-state index >= 15 is 0 Å². The summed E-state index contributed by atoms with van der Waals surface area (Å²) in [5.74, 6) is -0.216. The molecule has 0 saturated heterocycles. The Hall–Kier alpha value is -1.72. The molecular weight excluding hydrogens is 310 g/mol. The van der Waals surface area contributed by atoms with Gasteiger partial charge in [-0.15, -0.1) is 11.3 Å². The number of carbonyl (C=O) groups excluding carboxylic acids is 1. The number of pyridine rings is 1. The summed E-state index contributed by atoms with van der Waals surface area (Å²) < 4.78 is 5.26. The van der Waals surface area contributed by atoms with Crippen molar-refractivity contribution in [2.24, 2.45) is 0 Å². The van der Waals surface area contributed by atoms with Crippen LogP contribution in [0.3, 0.4) is 0 Å². The molecule has 3 nitrogen and oxygen atoms in total.